The molecular weight excluding hydrogens is 616 g/mol. The van der Waals surface area contributed by atoms with Gasteiger partial charge in [0.1, 0.15) is 36.2 Å². The minimum Gasteiger partial charge on any atom is -0.377 e. The Labute approximate surface area is 268 Å². The zero-order valence-corrected chi connectivity index (χ0v) is 25.6. The van der Waals surface area contributed by atoms with Crippen molar-refractivity contribution >= 4 is 5.91 Å². The number of alkyl halides is 2. The number of hydrogen-bond donors (Lipinski definition) is 1. The van der Waals surface area contributed by atoms with Crippen LogP contribution in [0.25, 0.3) is 22.5 Å². The molecule has 2 aromatic heterocycles. The number of nitrogens with one attached hydrogen (secondary N) is 1. The monoisotopic (exact) mass is 648 g/mol. The number of pyridine rings is 1. The summed E-state index contributed by atoms with van der Waals surface area (Å²) in [7, 11) is 2.67. The van der Waals surface area contributed by atoms with Gasteiger partial charge in [0, 0.05) is 26.0 Å². The van der Waals surface area contributed by atoms with Gasteiger partial charge in [0.05, 0.1) is 35.7 Å². The van der Waals surface area contributed by atoms with E-state index in [4.69, 9.17) is 14.2 Å². The summed E-state index contributed by atoms with van der Waals surface area (Å²) in [5.74, 6) is -6.00. The molecule has 0 saturated heterocycles. The van der Waals surface area contributed by atoms with E-state index in [1.165, 1.54) is 79.7 Å². The quantitative estimate of drug-likeness (QED) is 0.136. The van der Waals surface area contributed by atoms with Crippen molar-refractivity contribution in [3.63, 3.8) is 0 Å². The third-order valence-electron chi connectivity index (χ3n) is 7.44. The van der Waals surface area contributed by atoms with E-state index >= 15 is 13.2 Å². The van der Waals surface area contributed by atoms with Gasteiger partial charge in [-0.05, 0) is 60.2 Å². The van der Waals surface area contributed by atoms with Crippen molar-refractivity contribution in [3.05, 3.63) is 132 Å². The minimum atomic E-state index is -3.74. The lowest BCUT2D eigenvalue weighted by atomic mass is 9.97. The first-order valence-corrected chi connectivity index (χ1v) is 14.6. The molecule has 0 radical (unpaired) electrons. The van der Waals surface area contributed by atoms with E-state index < -0.39 is 41.3 Å². The van der Waals surface area contributed by atoms with Crippen molar-refractivity contribution in [3.8, 4) is 22.5 Å². The second-order valence-corrected chi connectivity index (χ2v) is 10.6. The lowest BCUT2D eigenvalue weighted by Gasteiger charge is -2.33. The second-order valence-electron chi connectivity index (χ2n) is 10.6. The number of hydrogen-bond acceptors (Lipinski definition) is 6. The summed E-state index contributed by atoms with van der Waals surface area (Å²) in [5.41, 5.74) is 0.780. The van der Waals surface area contributed by atoms with Gasteiger partial charge in [-0.15, -0.1) is 0 Å². The number of benzene rings is 3. The molecule has 0 aliphatic rings. The lowest BCUT2D eigenvalue weighted by Crippen LogP contribution is -2.55. The molecule has 2 unspecified atom stereocenters. The van der Waals surface area contributed by atoms with Crippen LogP contribution in [0.5, 0.6) is 0 Å². The van der Waals surface area contributed by atoms with Crippen LogP contribution in [0.3, 0.4) is 0 Å². The number of ether oxygens (including phenoxy) is 3. The molecule has 47 heavy (non-hydrogen) atoms. The fraction of sp³-hybridized carbons (Fsp3) is 0.229. The van der Waals surface area contributed by atoms with E-state index in [1.807, 2.05) is 30.3 Å². The Morgan fingerprint density at radius 2 is 1.68 bits per heavy atom. The van der Waals surface area contributed by atoms with Crippen molar-refractivity contribution in [2.75, 3.05) is 20.8 Å². The Morgan fingerprint density at radius 1 is 0.936 bits per heavy atom. The molecule has 0 fully saturated rings. The maximum atomic E-state index is 16.2. The highest BCUT2D eigenvalue weighted by atomic mass is 19.3. The number of nitrogens with zero attached hydrogens (tertiary/aromatic N) is 3. The van der Waals surface area contributed by atoms with Crippen LogP contribution in [0.4, 0.5) is 17.6 Å². The predicted octanol–water partition coefficient (Wildman–Crippen LogP) is 6.62. The Balaban J connectivity index is 1.50. The molecule has 244 valence electrons. The zero-order valence-electron chi connectivity index (χ0n) is 25.6. The van der Waals surface area contributed by atoms with E-state index in [-0.39, 0.29) is 36.8 Å². The van der Waals surface area contributed by atoms with Gasteiger partial charge in [-0.25, -0.2) is 13.5 Å². The Morgan fingerprint density at radius 3 is 2.36 bits per heavy atom. The SMILES string of the molecule is COCn1nc(-c2c(F)cccc2C(=O)NC(C(COCc2ccccc2)OC)C(F)(F)c2ccccn2)cc1-c1ccc(F)cc1. The van der Waals surface area contributed by atoms with Gasteiger partial charge in [0.2, 0.25) is 0 Å². The lowest BCUT2D eigenvalue weighted by molar-refractivity contribution is -0.113. The molecule has 1 N–H and O–H groups in total. The molecule has 5 rings (SSSR count). The van der Waals surface area contributed by atoms with Gasteiger partial charge in [-0.3, -0.25) is 9.78 Å². The second kappa shape index (κ2) is 15.1. The number of rotatable bonds is 14. The summed E-state index contributed by atoms with van der Waals surface area (Å²) in [6, 6.07) is 22.0. The number of carbonyl (C=O) groups is 1. The predicted molar refractivity (Wildman–Crippen MR) is 166 cm³/mol. The van der Waals surface area contributed by atoms with Gasteiger partial charge in [-0.2, -0.15) is 13.9 Å². The van der Waals surface area contributed by atoms with Crippen LogP contribution in [0.1, 0.15) is 21.6 Å². The third-order valence-corrected chi connectivity index (χ3v) is 7.44. The number of halogens is 4. The van der Waals surface area contributed by atoms with E-state index in [1.54, 1.807) is 0 Å². The fourth-order valence-corrected chi connectivity index (χ4v) is 5.11. The van der Waals surface area contributed by atoms with Crippen molar-refractivity contribution < 1.29 is 36.6 Å². The topological polar surface area (TPSA) is 87.5 Å². The highest BCUT2D eigenvalue weighted by Gasteiger charge is 2.48. The third kappa shape index (κ3) is 7.74. The van der Waals surface area contributed by atoms with Crippen molar-refractivity contribution in [2.45, 2.75) is 31.4 Å². The minimum absolute atomic E-state index is 0.0344. The van der Waals surface area contributed by atoms with Crippen molar-refractivity contribution in [1.82, 2.24) is 20.1 Å². The maximum Gasteiger partial charge on any atom is 0.312 e. The van der Waals surface area contributed by atoms with Crippen molar-refractivity contribution in [1.29, 1.82) is 0 Å². The molecule has 0 spiro atoms. The molecule has 0 aliphatic carbocycles. The normalized spacial score (nSPS) is 12.9. The van der Waals surface area contributed by atoms with Gasteiger partial charge in [-0.1, -0.05) is 42.5 Å². The summed E-state index contributed by atoms with van der Waals surface area (Å²) < 4.78 is 79.4. The molecule has 0 saturated carbocycles. The van der Waals surface area contributed by atoms with Gasteiger partial charge < -0.3 is 19.5 Å². The average Bonchev–Trinajstić information content (AvgIpc) is 3.50. The maximum absolute atomic E-state index is 16.2. The average molecular weight is 649 g/mol. The van der Waals surface area contributed by atoms with Crippen LogP contribution in [0.2, 0.25) is 0 Å². The fourth-order valence-electron chi connectivity index (χ4n) is 5.11. The number of aromatic nitrogens is 3. The first-order valence-electron chi connectivity index (χ1n) is 14.6. The number of amides is 1. The van der Waals surface area contributed by atoms with E-state index in [0.29, 0.717) is 11.3 Å². The Hall–Kier alpha value is -4.91. The molecule has 0 aliphatic heterocycles. The first kappa shape index (κ1) is 33.5. The molecule has 3 aromatic carbocycles. The highest BCUT2D eigenvalue weighted by molar-refractivity contribution is 6.01. The van der Waals surface area contributed by atoms with Crippen LogP contribution >= 0.6 is 0 Å². The smallest absolute Gasteiger partial charge is 0.312 e. The summed E-state index contributed by atoms with van der Waals surface area (Å²) in [4.78, 5) is 17.7. The molecule has 0 bridgehead atoms. The molecule has 12 heteroatoms. The van der Waals surface area contributed by atoms with Crippen LogP contribution < -0.4 is 5.32 Å². The van der Waals surface area contributed by atoms with Crippen LogP contribution in [0, 0.1) is 11.6 Å². The summed E-state index contributed by atoms with van der Waals surface area (Å²) >= 11 is 0. The van der Waals surface area contributed by atoms with E-state index in [9.17, 15) is 9.18 Å². The molecule has 2 heterocycles. The number of methoxy groups -OCH3 is 2. The Bertz CT molecular complexity index is 1770. The summed E-state index contributed by atoms with van der Waals surface area (Å²) in [5, 5.41) is 6.84. The molecule has 5 aromatic rings. The standard InChI is InChI=1S/C35H32F4N4O4/c1-45-22-43-29(24-14-16-25(36)17-15-24)19-28(42-43)32-26(11-8-12-27(32)37)34(44)41-33(35(38,39)31-13-6-7-18-40-31)30(46-2)21-47-20-23-9-4-3-5-10-23/h3-19,30,33H,20-22H2,1-2H3,(H,41,44). The Kier molecular flexibility index (Phi) is 10.8. The van der Waals surface area contributed by atoms with Crippen LogP contribution in [-0.2, 0) is 33.5 Å². The first-order chi connectivity index (χ1) is 22.7. The summed E-state index contributed by atoms with van der Waals surface area (Å²) in [6.07, 6.45) is -0.127. The zero-order chi connectivity index (χ0) is 33.4. The van der Waals surface area contributed by atoms with E-state index in [2.05, 4.69) is 15.4 Å². The van der Waals surface area contributed by atoms with Gasteiger partial charge in [0.15, 0.2) is 0 Å². The summed E-state index contributed by atoms with van der Waals surface area (Å²) in [6.45, 7) is -0.234. The van der Waals surface area contributed by atoms with E-state index in [0.717, 1.165) is 17.7 Å². The van der Waals surface area contributed by atoms with Gasteiger partial charge >= 0.3 is 5.92 Å². The molecule has 8 nitrogen and oxygen atoms in total. The molecule has 1 amide bonds. The highest BCUT2D eigenvalue weighted by Crippen LogP contribution is 2.35. The molecular formula is C35H32F4N4O4. The van der Waals surface area contributed by atoms with Crippen LogP contribution in [0.15, 0.2) is 103 Å². The van der Waals surface area contributed by atoms with Crippen molar-refractivity contribution in [2.24, 2.45) is 0 Å². The molecule has 2 atom stereocenters. The number of carbonyl (C=O) groups excluding carboxylic acids is 1. The van der Waals surface area contributed by atoms with Gasteiger partial charge in [0.25, 0.3) is 5.91 Å². The largest absolute Gasteiger partial charge is 0.377 e. The van der Waals surface area contributed by atoms with Crippen LogP contribution in [-0.4, -0.2) is 53.6 Å².